The van der Waals surface area contributed by atoms with Crippen LogP contribution in [0.15, 0.2) is 6.20 Å². The molecule has 22 heavy (non-hydrogen) atoms. The van der Waals surface area contributed by atoms with E-state index in [1.165, 1.54) is 12.8 Å². The summed E-state index contributed by atoms with van der Waals surface area (Å²) >= 11 is 0. The highest BCUT2D eigenvalue weighted by Crippen LogP contribution is 2.19. The number of aromatic nitrogens is 2. The van der Waals surface area contributed by atoms with Gasteiger partial charge in [0, 0.05) is 6.54 Å². The molecule has 2 heterocycles. The van der Waals surface area contributed by atoms with Crippen molar-refractivity contribution < 1.29 is 4.79 Å². The lowest BCUT2D eigenvalue weighted by molar-refractivity contribution is 0.0943. The van der Waals surface area contributed by atoms with Crippen LogP contribution in [0.2, 0.25) is 0 Å². The molecule has 0 saturated carbocycles. The van der Waals surface area contributed by atoms with Crippen LogP contribution in [0, 0.1) is 5.92 Å². The standard InChI is InChI=1S/C16H28N4O.ClH/c1-5-14-13(11-19-20(14)16(2,3)4)15(21)18-10-12-7-6-8-17-9-12;/h11-12,17H,5-10H2,1-4H3,(H,18,21);1H. The Morgan fingerprint density at radius 3 is 2.77 bits per heavy atom. The van der Waals surface area contributed by atoms with Crippen molar-refractivity contribution in [2.45, 2.75) is 52.5 Å². The number of amides is 1. The number of rotatable bonds is 4. The van der Waals surface area contributed by atoms with Crippen LogP contribution in [0.3, 0.4) is 0 Å². The number of hydrogen-bond donors (Lipinski definition) is 2. The molecule has 1 saturated heterocycles. The van der Waals surface area contributed by atoms with Crippen LogP contribution in [0.25, 0.3) is 0 Å². The average Bonchev–Trinajstić information content (AvgIpc) is 2.90. The first kappa shape index (κ1) is 19.0. The second-order valence-corrected chi connectivity index (χ2v) is 6.86. The van der Waals surface area contributed by atoms with E-state index in [1.807, 2.05) is 4.68 Å². The quantitative estimate of drug-likeness (QED) is 0.892. The predicted molar refractivity (Wildman–Crippen MR) is 91.8 cm³/mol. The molecule has 0 bridgehead atoms. The van der Waals surface area contributed by atoms with Crippen LogP contribution in [0.1, 0.15) is 56.6 Å². The second-order valence-electron chi connectivity index (χ2n) is 6.86. The zero-order valence-corrected chi connectivity index (χ0v) is 14.9. The van der Waals surface area contributed by atoms with E-state index in [2.05, 4.69) is 43.4 Å². The number of carbonyl (C=O) groups excluding carboxylic acids is 1. The predicted octanol–water partition coefficient (Wildman–Crippen LogP) is 2.35. The third kappa shape index (κ3) is 4.46. The molecule has 5 nitrogen and oxygen atoms in total. The maximum absolute atomic E-state index is 12.4. The molecule has 1 fully saturated rings. The zero-order chi connectivity index (χ0) is 15.5. The first-order chi connectivity index (χ1) is 9.93. The summed E-state index contributed by atoms with van der Waals surface area (Å²) in [5, 5.41) is 10.9. The first-order valence-corrected chi connectivity index (χ1v) is 7.99. The summed E-state index contributed by atoms with van der Waals surface area (Å²) in [5.74, 6) is 0.554. The van der Waals surface area contributed by atoms with Crippen molar-refractivity contribution in [3.8, 4) is 0 Å². The van der Waals surface area contributed by atoms with E-state index in [4.69, 9.17) is 0 Å². The molecule has 0 aliphatic carbocycles. The SMILES string of the molecule is CCc1c(C(=O)NCC2CCCNC2)cnn1C(C)(C)C.Cl. The van der Waals surface area contributed by atoms with Gasteiger partial charge in [0.25, 0.3) is 5.91 Å². The fraction of sp³-hybridized carbons (Fsp3) is 0.750. The topological polar surface area (TPSA) is 59.0 Å². The summed E-state index contributed by atoms with van der Waals surface area (Å²) < 4.78 is 1.96. The number of carbonyl (C=O) groups is 1. The van der Waals surface area contributed by atoms with E-state index < -0.39 is 0 Å². The minimum absolute atomic E-state index is 0. The number of halogens is 1. The Labute approximate surface area is 139 Å². The highest BCUT2D eigenvalue weighted by Gasteiger charge is 2.23. The van der Waals surface area contributed by atoms with Gasteiger partial charge in [-0.3, -0.25) is 9.48 Å². The first-order valence-electron chi connectivity index (χ1n) is 7.99. The molecule has 0 aromatic carbocycles. The van der Waals surface area contributed by atoms with Gasteiger partial charge in [0.15, 0.2) is 0 Å². The number of nitrogens with one attached hydrogen (secondary N) is 2. The van der Waals surface area contributed by atoms with Gasteiger partial charge in [0.05, 0.1) is 23.0 Å². The Bertz CT molecular complexity index is 487. The Kier molecular flexibility index (Phi) is 6.88. The molecule has 126 valence electrons. The maximum Gasteiger partial charge on any atom is 0.254 e. The molecular weight excluding hydrogens is 300 g/mol. The second kappa shape index (κ2) is 7.97. The molecule has 0 spiro atoms. The van der Waals surface area contributed by atoms with Crippen molar-refractivity contribution in [3.05, 3.63) is 17.5 Å². The van der Waals surface area contributed by atoms with E-state index in [0.29, 0.717) is 5.92 Å². The third-order valence-electron chi connectivity index (χ3n) is 4.03. The number of piperidine rings is 1. The lowest BCUT2D eigenvalue weighted by Gasteiger charge is -2.23. The normalized spacial score (nSPS) is 18.6. The van der Waals surface area contributed by atoms with Crippen molar-refractivity contribution in [3.63, 3.8) is 0 Å². The molecule has 1 aromatic rings. The number of hydrogen-bond acceptors (Lipinski definition) is 3. The molecule has 2 N–H and O–H groups in total. The van der Waals surface area contributed by atoms with Crippen LogP contribution in [-0.4, -0.2) is 35.3 Å². The van der Waals surface area contributed by atoms with Crippen molar-refractivity contribution in [1.29, 1.82) is 0 Å². The molecule has 1 aromatic heterocycles. The largest absolute Gasteiger partial charge is 0.352 e. The highest BCUT2D eigenvalue weighted by atomic mass is 35.5. The molecule has 1 aliphatic heterocycles. The van der Waals surface area contributed by atoms with Crippen LogP contribution >= 0.6 is 12.4 Å². The van der Waals surface area contributed by atoms with Gasteiger partial charge < -0.3 is 10.6 Å². The Hall–Kier alpha value is -1.07. The van der Waals surface area contributed by atoms with Gasteiger partial charge in [0.2, 0.25) is 0 Å². The monoisotopic (exact) mass is 328 g/mol. The van der Waals surface area contributed by atoms with E-state index >= 15 is 0 Å². The molecule has 0 radical (unpaired) electrons. The van der Waals surface area contributed by atoms with E-state index in [-0.39, 0.29) is 23.9 Å². The van der Waals surface area contributed by atoms with Gasteiger partial charge in [0.1, 0.15) is 0 Å². The minimum atomic E-state index is -0.100. The summed E-state index contributed by atoms with van der Waals surface area (Å²) in [7, 11) is 0. The lowest BCUT2D eigenvalue weighted by atomic mass is 9.99. The highest BCUT2D eigenvalue weighted by molar-refractivity contribution is 5.95. The van der Waals surface area contributed by atoms with Crippen LogP contribution in [-0.2, 0) is 12.0 Å². The van der Waals surface area contributed by atoms with Gasteiger partial charge in [-0.1, -0.05) is 6.92 Å². The van der Waals surface area contributed by atoms with Gasteiger partial charge in [-0.2, -0.15) is 5.10 Å². The van der Waals surface area contributed by atoms with Crippen molar-refractivity contribution in [2.75, 3.05) is 19.6 Å². The Morgan fingerprint density at radius 1 is 1.50 bits per heavy atom. The van der Waals surface area contributed by atoms with Crippen molar-refractivity contribution >= 4 is 18.3 Å². The van der Waals surface area contributed by atoms with E-state index in [0.717, 1.165) is 37.3 Å². The molecule has 6 heteroatoms. The summed E-state index contributed by atoms with van der Waals surface area (Å²) in [6.07, 6.45) is 4.90. The molecule has 2 rings (SSSR count). The molecule has 1 atom stereocenters. The van der Waals surface area contributed by atoms with Crippen LogP contribution in [0.4, 0.5) is 0 Å². The van der Waals surface area contributed by atoms with Gasteiger partial charge >= 0.3 is 0 Å². The van der Waals surface area contributed by atoms with Gasteiger partial charge in [-0.15, -0.1) is 12.4 Å². The summed E-state index contributed by atoms with van der Waals surface area (Å²) in [6.45, 7) is 11.2. The third-order valence-corrected chi connectivity index (χ3v) is 4.03. The zero-order valence-electron chi connectivity index (χ0n) is 14.1. The minimum Gasteiger partial charge on any atom is -0.352 e. The molecule has 1 aliphatic rings. The Morgan fingerprint density at radius 2 is 2.23 bits per heavy atom. The van der Waals surface area contributed by atoms with Crippen molar-refractivity contribution in [2.24, 2.45) is 5.92 Å². The summed E-state index contributed by atoms with van der Waals surface area (Å²) in [5.41, 5.74) is 1.63. The lowest BCUT2D eigenvalue weighted by Crippen LogP contribution is -2.38. The van der Waals surface area contributed by atoms with Gasteiger partial charge in [-0.05, 0) is 59.0 Å². The maximum atomic E-state index is 12.4. The molecule has 1 amide bonds. The summed E-state index contributed by atoms with van der Waals surface area (Å²) in [4.78, 5) is 12.4. The fourth-order valence-electron chi connectivity index (χ4n) is 2.91. The van der Waals surface area contributed by atoms with E-state index in [1.54, 1.807) is 6.20 Å². The summed E-state index contributed by atoms with van der Waals surface area (Å²) in [6, 6.07) is 0. The van der Waals surface area contributed by atoms with Gasteiger partial charge in [-0.25, -0.2) is 0 Å². The molecule has 1 unspecified atom stereocenters. The Balaban J connectivity index is 0.00000242. The molecular formula is C16H29ClN4O. The van der Waals surface area contributed by atoms with Crippen LogP contribution in [0.5, 0.6) is 0 Å². The fourth-order valence-corrected chi connectivity index (χ4v) is 2.91. The average molecular weight is 329 g/mol. The number of nitrogens with zero attached hydrogens (tertiary/aromatic N) is 2. The van der Waals surface area contributed by atoms with Crippen molar-refractivity contribution in [1.82, 2.24) is 20.4 Å². The van der Waals surface area contributed by atoms with Crippen LogP contribution < -0.4 is 10.6 Å². The smallest absolute Gasteiger partial charge is 0.254 e. The van der Waals surface area contributed by atoms with E-state index in [9.17, 15) is 4.79 Å².